The molecule has 3 aromatic rings. The average Bonchev–Trinajstić information content (AvgIpc) is 3.84. The van der Waals surface area contributed by atoms with Crippen molar-refractivity contribution >= 4 is 17.8 Å². The van der Waals surface area contributed by atoms with Crippen LogP contribution in [0.25, 0.3) is 11.3 Å². The topological polar surface area (TPSA) is 120 Å². The van der Waals surface area contributed by atoms with E-state index in [-0.39, 0.29) is 30.1 Å². The third-order valence-electron chi connectivity index (χ3n) is 10.8. The molecule has 49 heavy (non-hydrogen) atoms. The quantitative estimate of drug-likeness (QED) is 0.211. The van der Waals surface area contributed by atoms with Gasteiger partial charge in [0.15, 0.2) is 5.89 Å². The Morgan fingerprint density at radius 2 is 1.69 bits per heavy atom. The third kappa shape index (κ3) is 7.77. The summed E-state index contributed by atoms with van der Waals surface area (Å²) in [5, 5.41) is 0. The van der Waals surface area contributed by atoms with Crippen LogP contribution in [0.1, 0.15) is 100 Å². The van der Waals surface area contributed by atoms with Gasteiger partial charge in [-0.05, 0) is 108 Å². The Morgan fingerprint density at radius 3 is 2.39 bits per heavy atom. The second kappa shape index (κ2) is 14.9. The molecule has 1 saturated heterocycles. The van der Waals surface area contributed by atoms with E-state index in [0.717, 1.165) is 72.8 Å². The molecule has 0 unspecified atom stereocenters. The van der Waals surface area contributed by atoms with E-state index in [1.54, 1.807) is 24.5 Å². The van der Waals surface area contributed by atoms with E-state index >= 15 is 0 Å². The number of aromatic nitrogens is 3. The molecule has 4 aliphatic rings. The maximum absolute atomic E-state index is 14.4. The normalized spacial score (nSPS) is 24.3. The van der Waals surface area contributed by atoms with Gasteiger partial charge in [0.25, 0.3) is 0 Å². The number of hydrogen-bond acceptors (Lipinski definition) is 9. The Kier molecular flexibility index (Phi) is 10.2. The number of hydrogen-bond donors (Lipinski definition) is 0. The fourth-order valence-corrected chi connectivity index (χ4v) is 7.66. The van der Waals surface area contributed by atoms with E-state index in [4.69, 9.17) is 33.6 Å². The summed E-state index contributed by atoms with van der Waals surface area (Å²) in [6.07, 6.45) is 12.2. The second-order valence-electron chi connectivity index (χ2n) is 14.3. The van der Waals surface area contributed by atoms with Gasteiger partial charge in [0, 0.05) is 48.4 Å². The largest absolute Gasteiger partial charge is 0.495 e. The van der Waals surface area contributed by atoms with E-state index in [2.05, 4.69) is 6.07 Å². The molecule has 7 rings (SSSR count). The van der Waals surface area contributed by atoms with Crippen molar-refractivity contribution in [2.24, 2.45) is 11.8 Å². The SMILES string of the molecule is CCOC1CN(C(=O)O[C@H]2CC[C@H](C(=O)N(C[C@H]3CC[C@H](c4ccc(OC)c(C)n4)CC3)c3cc(-c4coc(C5CC5)n4)ccn3)CC2)C1. The van der Waals surface area contributed by atoms with Crippen molar-refractivity contribution in [3.8, 4) is 17.0 Å². The highest BCUT2D eigenvalue weighted by Gasteiger charge is 2.37. The van der Waals surface area contributed by atoms with Crippen LogP contribution in [-0.2, 0) is 14.3 Å². The van der Waals surface area contributed by atoms with Crippen molar-refractivity contribution in [1.29, 1.82) is 0 Å². The number of ether oxygens (including phenoxy) is 3. The minimum absolute atomic E-state index is 0.102. The van der Waals surface area contributed by atoms with E-state index in [1.807, 2.05) is 36.9 Å². The molecule has 1 aliphatic heterocycles. The van der Waals surface area contributed by atoms with E-state index in [1.165, 1.54) is 0 Å². The number of carbonyl (C=O) groups is 2. The van der Waals surface area contributed by atoms with Gasteiger partial charge in [-0.2, -0.15) is 0 Å². The molecule has 11 heteroatoms. The molecule has 0 bridgehead atoms. The van der Waals surface area contributed by atoms with Gasteiger partial charge in [0.2, 0.25) is 5.91 Å². The monoisotopic (exact) mass is 671 g/mol. The molecular formula is C38H49N5O6. The zero-order chi connectivity index (χ0) is 33.9. The minimum Gasteiger partial charge on any atom is -0.495 e. The Morgan fingerprint density at radius 1 is 0.939 bits per heavy atom. The van der Waals surface area contributed by atoms with Gasteiger partial charge in [-0.1, -0.05) is 0 Å². The number of carbonyl (C=O) groups excluding carboxylic acids is 2. The second-order valence-corrected chi connectivity index (χ2v) is 14.3. The van der Waals surface area contributed by atoms with Crippen LogP contribution in [-0.4, -0.2) is 77.4 Å². The summed E-state index contributed by atoms with van der Waals surface area (Å²) in [5.41, 5.74) is 3.72. The molecule has 0 N–H and O–H groups in total. The van der Waals surface area contributed by atoms with Gasteiger partial charge < -0.3 is 23.5 Å². The first-order valence-electron chi connectivity index (χ1n) is 18.2. The lowest BCUT2D eigenvalue weighted by Crippen LogP contribution is -2.55. The molecule has 262 valence electrons. The number of oxazole rings is 1. The summed E-state index contributed by atoms with van der Waals surface area (Å²) in [6, 6.07) is 8.03. The first-order chi connectivity index (χ1) is 23.9. The van der Waals surface area contributed by atoms with Crippen LogP contribution in [0.3, 0.4) is 0 Å². The number of likely N-dealkylation sites (tertiary alicyclic amines) is 1. The van der Waals surface area contributed by atoms with Crippen molar-refractivity contribution in [2.75, 3.05) is 38.3 Å². The van der Waals surface area contributed by atoms with Crippen molar-refractivity contribution in [3.05, 3.63) is 54.0 Å². The van der Waals surface area contributed by atoms with Crippen molar-refractivity contribution in [1.82, 2.24) is 19.9 Å². The van der Waals surface area contributed by atoms with Crippen molar-refractivity contribution in [2.45, 2.75) is 102 Å². The highest BCUT2D eigenvalue weighted by Crippen LogP contribution is 2.41. The molecule has 3 aromatic heterocycles. The smallest absolute Gasteiger partial charge is 0.410 e. The zero-order valence-electron chi connectivity index (χ0n) is 29.0. The van der Waals surface area contributed by atoms with Gasteiger partial charge in [-0.15, -0.1) is 0 Å². The first kappa shape index (κ1) is 33.5. The van der Waals surface area contributed by atoms with Gasteiger partial charge in [0.05, 0.1) is 32.0 Å². The summed E-state index contributed by atoms with van der Waals surface area (Å²) in [7, 11) is 1.68. The highest BCUT2D eigenvalue weighted by molar-refractivity contribution is 5.94. The van der Waals surface area contributed by atoms with Crippen molar-refractivity contribution in [3.63, 3.8) is 0 Å². The number of anilines is 1. The molecule has 0 atom stereocenters. The van der Waals surface area contributed by atoms with Crippen LogP contribution in [0.5, 0.6) is 5.75 Å². The van der Waals surface area contributed by atoms with Crippen LogP contribution in [0.15, 0.2) is 41.1 Å². The average molecular weight is 672 g/mol. The van der Waals surface area contributed by atoms with E-state index in [0.29, 0.717) is 75.5 Å². The van der Waals surface area contributed by atoms with Gasteiger partial charge in [-0.25, -0.2) is 14.8 Å². The molecular weight excluding hydrogens is 622 g/mol. The first-order valence-corrected chi connectivity index (χ1v) is 18.2. The summed E-state index contributed by atoms with van der Waals surface area (Å²) in [5.74, 6) is 3.39. The Bertz CT molecular complexity index is 1600. The van der Waals surface area contributed by atoms with Gasteiger partial charge in [-0.3, -0.25) is 14.7 Å². The summed E-state index contributed by atoms with van der Waals surface area (Å²) in [6.45, 7) is 6.38. The predicted molar refractivity (Wildman–Crippen MR) is 184 cm³/mol. The standard InChI is InChI=1S/C38H49N5O6/c1-4-47-31-21-42(22-31)38(45)49-30-13-11-28(12-14-30)37(44)43(35-19-29(17-18-39-35)33-23-48-36(41-33)27-9-10-27)20-25-5-7-26(8-6-25)32-15-16-34(46-3)24(2)40-32/h15-19,23,25-28,30-31H,4-14,20-22H2,1-3H3/t25-,26-,28-,30-. The fraction of sp³-hybridized carbons (Fsp3) is 0.605. The lowest BCUT2D eigenvalue weighted by atomic mass is 9.79. The fourth-order valence-electron chi connectivity index (χ4n) is 7.66. The number of amides is 2. The predicted octanol–water partition coefficient (Wildman–Crippen LogP) is 7.05. The lowest BCUT2D eigenvalue weighted by molar-refractivity contribution is -0.124. The lowest BCUT2D eigenvalue weighted by Gasteiger charge is -2.39. The van der Waals surface area contributed by atoms with Gasteiger partial charge in [0.1, 0.15) is 29.6 Å². The number of pyridine rings is 2. The van der Waals surface area contributed by atoms with Crippen molar-refractivity contribution < 1.29 is 28.2 Å². The molecule has 3 saturated carbocycles. The number of nitrogens with zero attached hydrogens (tertiary/aromatic N) is 5. The minimum atomic E-state index is -0.276. The van der Waals surface area contributed by atoms with Crippen LogP contribution in [0.2, 0.25) is 0 Å². The number of rotatable bonds is 11. The summed E-state index contributed by atoms with van der Waals surface area (Å²) < 4.78 is 22.6. The summed E-state index contributed by atoms with van der Waals surface area (Å²) >= 11 is 0. The molecule has 4 fully saturated rings. The molecule has 4 heterocycles. The highest BCUT2D eigenvalue weighted by atomic mass is 16.6. The molecule has 11 nitrogen and oxygen atoms in total. The molecule has 3 aliphatic carbocycles. The van der Waals surface area contributed by atoms with Crippen LogP contribution >= 0.6 is 0 Å². The zero-order valence-corrected chi connectivity index (χ0v) is 29.0. The number of aryl methyl sites for hydroxylation is 1. The molecule has 0 radical (unpaired) electrons. The Labute approximate surface area is 288 Å². The molecule has 0 aromatic carbocycles. The Balaban J connectivity index is 1.02. The summed E-state index contributed by atoms with van der Waals surface area (Å²) in [4.78, 5) is 45.0. The Hall–Kier alpha value is -3.99. The molecule has 0 spiro atoms. The number of methoxy groups -OCH3 is 1. The van der Waals surface area contributed by atoms with E-state index < -0.39 is 0 Å². The van der Waals surface area contributed by atoms with E-state index in [9.17, 15) is 9.59 Å². The molecule has 2 amide bonds. The third-order valence-corrected chi connectivity index (χ3v) is 10.8. The maximum atomic E-state index is 14.4. The van der Waals surface area contributed by atoms with Crippen LogP contribution < -0.4 is 9.64 Å². The maximum Gasteiger partial charge on any atom is 0.410 e. The van der Waals surface area contributed by atoms with Gasteiger partial charge >= 0.3 is 6.09 Å². The van der Waals surface area contributed by atoms with Crippen LogP contribution in [0.4, 0.5) is 10.6 Å². The van der Waals surface area contributed by atoms with Crippen LogP contribution in [0, 0.1) is 18.8 Å².